The zero-order chi connectivity index (χ0) is 22.0. The van der Waals surface area contributed by atoms with E-state index in [1.54, 1.807) is 7.11 Å². The lowest BCUT2D eigenvalue weighted by molar-refractivity contribution is -0.119. The van der Waals surface area contributed by atoms with Crippen molar-refractivity contribution >= 4 is 5.91 Å². The minimum Gasteiger partial charge on any atom is -0.493 e. The quantitative estimate of drug-likeness (QED) is 0.827. The highest BCUT2D eigenvalue weighted by Gasteiger charge is 2.29. The molecule has 7 heteroatoms. The van der Waals surface area contributed by atoms with Gasteiger partial charge >= 0.3 is 0 Å². The summed E-state index contributed by atoms with van der Waals surface area (Å²) in [5.41, 5.74) is 2.16. The number of hydrogen-bond acceptors (Lipinski definition) is 6. The van der Waals surface area contributed by atoms with Crippen molar-refractivity contribution in [3.8, 4) is 34.1 Å². The SMILES string of the molecule is [3H]c1cc(OC)c(=O)cc2c1-c1c(cc(OC)c(OC)c1OC)C[14CH2]C2NC(C)=O. The largest absolute Gasteiger partial charge is 0.493 e. The Kier molecular flexibility index (Phi) is 5.55. The molecule has 2 aromatic carbocycles. The summed E-state index contributed by atoms with van der Waals surface area (Å²) in [6.07, 6.45) is 1.10. The Labute approximate surface area is 171 Å². The number of benzene rings is 1. The van der Waals surface area contributed by atoms with E-state index < -0.39 is 6.04 Å². The molecule has 7 nitrogen and oxygen atoms in total. The van der Waals surface area contributed by atoms with Crippen LogP contribution < -0.4 is 29.7 Å². The Morgan fingerprint density at radius 1 is 1.10 bits per heavy atom. The lowest BCUT2D eigenvalue weighted by Crippen LogP contribution is -2.26. The first-order valence-corrected chi connectivity index (χ1v) is 9.18. The third kappa shape index (κ3) is 3.72. The van der Waals surface area contributed by atoms with Gasteiger partial charge in [0.2, 0.25) is 17.1 Å². The first kappa shape index (κ1) is 19.1. The summed E-state index contributed by atoms with van der Waals surface area (Å²) in [7, 11) is 5.95. The van der Waals surface area contributed by atoms with Gasteiger partial charge in [-0.3, -0.25) is 9.59 Å². The van der Waals surface area contributed by atoms with Crippen molar-refractivity contribution in [3.63, 3.8) is 0 Å². The molecule has 29 heavy (non-hydrogen) atoms. The Hall–Kier alpha value is -3.22. The lowest BCUT2D eigenvalue weighted by Gasteiger charge is -2.19. The first-order chi connectivity index (χ1) is 14.4. The standard InChI is InChI=1S/C22H25NO6/c1-12(24)23-16-8-6-13-10-19(27-3)21(28-4)22(29-5)20(13)14-7-9-18(26-2)17(25)11-15(14)16/h7,9-11,16H,6,8H2,1-5H3,(H,23,24)/i7T,8+2. The van der Waals surface area contributed by atoms with Gasteiger partial charge in [0.1, 0.15) is 0 Å². The van der Waals surface area contributed by atoms with Crippen LogP contribution in [-0.2, 0) is 11.2 Å². The van der Waals surface area contributed by atoms with Crippen molar-refractivity contribution in [3.05, 3.63) is 45.6 Å². The minimum absolute atomic E-state index is 0.0515. The molecule has 0 aliphatic heterocycles. The van der Waals surface area contributed by atoms with Gasteiger partial charge in [0.25, 0.3) is 0 Å². The van der Waals surface area contributed by atoms with Crippen LogP contribution in [0.4, 0.5) is 0 Å². The molecule has 1 aliphatic carbocycles. The summed E-state index contributed by atoms with van der Waals surface area (Å²) >= 11 is 0. The Bertz CT molecular complexity index is 1050. The van der Waals surface area contributed by atoms with Gasteiger partial charge in [-0.05, 0) is 47.7 Å². The number of rotatable bonds is 5. The van der Waals surface area contributed by atoms with Crippen molar-refractivity contribution in [2.75, 3.05) is 28.4 Å². The summed E-state index contributed by atoms with van der Waals surface area (Å²) in [4.78, 5) is 24.6. The van der Waals surface area contributed by atoms with E-state index in [1.165, 1.54) is 40.4 Å². The van der Waals surface area contributed by atoms with Crippen molar-refractivity contribution in [1.29, 1.82) is 0 Å². The van der Waals surface area contributed by atoms with E-state index in [9.17, 15) is 9.59 Å². The minimum atomic E-state index is -0.458. The number of fused-ring (bicyclic) bond motifs is 3. The van der Waals surface area contributed by atoms with Gasteiger partial charge in [-0.15, -0.1) is 0 Å². The second kappa shape index (κ2) is 8.43. The summed E-state index contributed by atoms with van der Waals surface area (Å²) < 4.78 is 30.6. The predicted molar refractivity (Wildman–Crippen MR) is 109 cm³/mol. The van der Waals surface area contributed by atoms with Crippen LogP contribution in [0.1, 0.15) is 31.9 Å². The Morgan fingerprint density at radius 2 is 1.79 bits per heavy atom. The molecule has 0 radical (unpaired) electrons. The van der Waals surface area contributed by atoms with Gasteiger partial charge < -0.3 is 24.3 Å². The zero-order valence-electron chi connectivity index (χ0n) is 18.2. The number of nitrogens with one attached hydrogen (secondary N) is 1. The molecular weight excluding hydrogens is 376 g/mol. The number of ether oxygens (including phenoxy) is 4. The van der Waals surface area contributed by atoms with Gasteiger partial charge in [0.05, 0.1) is 35.9 Å². The maximum absolute atomic E-state index is 12.7. The smallest absolute Gasteiger partial charge is 0.220 e. The van der Waals surface area contributed by atoms with Gasteiger partial charge in [-0.2, -0.15) is 0 Å². The zero-order valence-corrected chi connectivity index (χ0v) is 17.2. The van der Waals surface area contributed by atoms with E-state index in [4.69, 9.17) is 20.3 Å². The molecule has 3 rings (SSSR count). The topological polar surface area (TPSA) is 83.1 Å². The Balaban J connectivity index is 2.49. The maximum Gasteiger partial charge on any atom is 0.220 e. The molecule has 0 saturated heterocycles. The van der Waals surface area contributed by atoms with Gasteiger partial charge in [-0.1, -0.05) is 6.04 Å². The van der Waals surface area contributed by atoms with E-state index in [1.807, 2.05) is 6.07 Å². The van der Waals surface area contributed by atoms with Crippen LogP contribution in [0, 0.1) is 0 Å². The second-order valence-electron chi connectivity index (χ2n) is 6.67. The molecule has 1 atom stereocenters. The summed E-state index contributed by atoms with van der Waals surface area (Å²) in [5.74, 6) is 1.12. The summed E-state index contributed by atoms with van der Waals surface area (Å²) in [5, 5.41) is 2.91. The monoisotopic (exact) mass is 403 g/mol. The van der Waals surface area contributed by atoms with Crippen molar-refractivity contribution in [2.45, 2.75) is 25.8 Å². The van der Waals surface area contributed by atoms with E-state index in [-0.39, 0.29) is 23.1 Å². The summed E-state index contributed by atoms with van der Waals surface area (Å²) in [6.45, 7) is 1.42. The van der Waals surface area contributed by atoms with Crippen molar-refractivity contribution < 1.29 is 25.1 Å². The average molecular weight is 403 g/mol. The van der Waals surface area contributed by atoms with Gasteiger partial charge in [0, 0.05) is 12.5 Å². The molecule has 0 spiro atoms. The third-order valence-electron chi connectivity index (χ3n) is 5.00. The lowest BCUT2D eigenvalue weighted by atomic mass is 9.95. The number of carbonyl (C=O) groups is 1. The molecule has 1 unspecified atom stereocenters. The summed E-state index contributed by atoms with van der Waals surface area (Å²) in [6, 6.07) is 4.28. The molecule has 0 fully saturated rings. The fourth-order valence-corrected chi connectivity index (χ4v) is 3.76. The molecule has 0 saturated carbocycles. The van der Waals surface area contributed by atoms with E-state index in [0.717, 1.165) is 5.56 Å². The number of hydrogen-bond donors (Lipinski definition) is 1. The number of amides is 1. The number of methoxy groups -OCH3 is 4. The number of carbonyl (C=O) groups excluding carboxylic acids is 1. The van der Waals surface area contributed by atoms with E-state index >= 15 is 0 Å². The molecule has 0 aromatic heterocycles. The van der Waals surface area contributed by atoms with Crippen LogP contribution >= 0.6 is 0 Å². The van der Waals surface area contributed by atoms with Gasteiger partial charge in [-0.25, -0.2) is 0 Å². The third-order valence-corrected chi connectivity index (χ3v) is 5.00. The van der Waals surface area contributed by atoms with E-state index in [0.29, 0.717) is 46.8 Å². The normalized spacial score (nSPS) is 15.2. The van der Waals surface area contributed by atoms with Crippen LogP contribution in [0.5, 0.6) is 23.0 Å². The average Bonchev–Trinajstić information content (AvgIpc) is 2.94. The molecule has 1 N–H and O–H groups in total. The molecule has 1 aliphatic rings. The molecule has 0 bridgehead atoms. The fourth-order valence-electron chi connectivity index (χ4n) is 3.76. The maximum atomic E-state index is 12.7. The highest BCUT2D eigenvalue weighted by atomic mass is 16.5. The highest BCUT2D eigenvalue weighted by molar-refractivity contribution is 5.83. The molecular formula is C22H25NO6. The van der Waals surface area contributed by atoms with Crippen LogP contribution in [-0.4, -0.2) is 34.3 Å². The highest BCUT2D eigenvalue weighted by Crippen LogP contribution is 2.50. The van der Waals surface area contributed by atoms with Crippen molar-refractivity contribution in [2.24, 2.45) is 0 Å². The van der Waals surface area contributed by atoms with E-state index in [2.05, 4.69) is 5.32 Å². The second-order valence-corrected chi connectivity index (χ2v) is 6.67. The molecule has 1 amide bonds. The molecule has 2 aromatic rings. The van der Waals surface area contributed by atoms with Crippen molar-refractivity contribution in [1.82, 2.24) is 5.32 Å². The van der Waals surface area contributed by atoms with Crippen LogP contribution in [0.3, 0.4) is 0 Å². The number of aryl methyl sites for hydroxylation is 1. The fraction of sp³-hybridized carbons (Fsp3) is 0.364. The Morgan fingerprint density at radius 3 is 2.38 bits per heavy atom. The first-order valence-electron chi connectivity index (χ1n) is 9.68. The van der Waals surface area contributed by atoms with Gasteiger partial charge in [0.15, 0.2) is 17.2 Å². The molecule has 0 heterocycles. The molecule has 154 valence electrons. The van der Waals surface area contributed by atoms with Crippen LogP contribution in [0.2, 0.25) is 0 Å². The van der Waals surface area contributed by atoms with Crippen LogP contribution in [0.15, 0.2) is 29.0 Å². The predicted octanol–water partition coefficient (Wildman–Crippen LogP) is 2.87. The van der Waals surface area contributed by atoms with Crippen LogP contribution in [0.25, 0.3) is 11.1 Å².